The summed E-state index contributed by atoms with van der Waals surface area (Å²) >= 11 is 1.78. The Morgan fingerprint density at radius 1 is 1.19 bits per heavy atom. The Balaban J connectivity index is 1.63. The summed E-state index contributed by atoms with van der Waals surface area (Å²) in [6.07, 6.45) is 0. The van der Waals surface area contributed by atoms with Crippen molar-refractivity contribution < 1.29 is 4.74 Å². The first-order valence-corrected chi connectivity index (χ1v) is 7.95. The highest BCUT2D eigenvalue weighted by Crippen LogP contribution is 2.26. The number of hydrogen-bond acceptors (Lipinski definition) is 3. The quantitative estimate of drug-likeness (QED) is 0.936. The van der Waals surface area contributed by atoms with Crippen molar-refractivity contribution in [3.8, 4) is 5.75 Å². The maximum absolute atomic E-state index is 5.23. The summed E-state index contributed by atoms with van der Waals surface area (Å²) in [4.78, 5) is 4.66. The number of nitrogens with zero attached hydrogens (tertiary/aromatic N) is 1. The van der Waals surface area contributed by atoms with Crippen LogP contribution in [0.4, 0.5) is 0 Å². The standard InChI is InChI=1S/C17H18N2OS/c1-20-15-9-5-6-13(10-15)11-18-17-19-16(12-21-17)14-7-3-2-4-8-14/h2-10,16H,11-12H2,1H3,(H,18,19). The van der Waals surface area contributed by atoms with Crippen LogP contribution in [0.25, 0.3) is 0 Å². The summed E-state index contributed by atoms with van der Waals surface area (Å²) in [6.45, 7) is 0.675. The molecule has 1 N–H and O–H groups in total. The number of aliphatic imine (C=N–C) groups is 1. The summed E-state index contributed by atoms with van der Waals surface area (Å²) in [5.41, 5.74) is 2.48. The maximum Gasteiger partial charge on any atom is 0.157 e. The highest BCUT2D eigenvalue weighted by Gasteiger charge is 2.21. The highest BCUT2D eigenvalue weighted by atomic mass is 32.2. The van der Waals surface area contributed by atoms with Gasteiger partial charge in [0.05, 0.1) is 19.7 Å². The smallest absolute Gasteiger partial charge is 0.157 e. The molecule has 1 heterocycles. The number of amidine groups is 1. The minimum atomic E-state index is 0.361. The number of thioether (sulfide) groups is 1. The van der Waals surface area contributed by atoms with Crippen molar-refractivity contribution in [1.82, 2.24) is 5.32 Å². The first-order valence-electron chi connectivity index (χ1n) is 6.97. The van der Waals surface area contributed by atoms with Gasteiger partial charge in [-0.25, -0.2) is 0 Å². The molecular formula is C17H18N2OS. The van der Waals surface area contributed by atoms with E-state index in [1.807, 2.05) is 24.3 Å². The molecule has 0 aromatic heterocycles. The zero-order valence-electron chi connectivity index (χ0n) is 12.0. The number of benzene rings is 2. The molecule has 1 aliphatic rings. The fourth-order valence-corrected chi connectivity index (χ4v) is 3.27. The molecule has 4 heteroatoms. The molecular weight excluding hydrogens is 280 g/mol. The number of hydrogen-bond donors (Lipinski definition) is 1. The van der Waals surface area contributed by atoms with Crippen LogP contribution < -0.4 is 10.1 Å². The van der Waals surface area contributed by atoms with Crippen molar-refractivity contribution >= 4 is 16.9 Å². The van der Waals surface area contributed by atoms with E-state index in [-0.39, 0.29) is 0 Å². The Kier molecular flexibility index (Phi) is 4.46. The van der Waals surface area contributed by atoms with Gasteiger partial charge >= 0.3 is 0 Å². The molecule has 0 bridgehead atoms. The topological polar surface area (TPSA) is 33.6 Å². The van der Waals surface area contributed by atoms with E-state index < -0.39 is 0 Å². The molecule has 2 aromatic carbocycles. The monoisotopic (exact) mass is 298 g/mol. The van der Waals surface area contributed by atoms with Crippen LogP contribution in [0.3, 0.4) is 0 Å². The van der Waals surface area contributed by atoms with E-state index in [2.05, 4.69) is 40.6 Å². The predicted molar refractivity (Wildman–Crippen MR) is 88.9 cm³/mol. The number of methoxy groups -OCH3 is 1. The molecule has 1 unspecified atom stereocenters. The number of nitrogens with one attached hydrogen (secondary N) is 1. The van der Waals surface area contributed by atoms with Crippen LogP contribution >= 0.6 is 11.8 Å². The van der Waals surface area contributed by atoms with Crippen molar-refractivity contribution in [2.75, 3.05) is 12.9 Å². The Morgan fingerprint density at radius 3 is 2.86 bits per heavy atom. The molecule has 1 fully saturated rings. The molecule has 0 aliphatic carbocycles. The number of rotatable bonds is 4. The van der Waals surface area contributed by atoms with Crippen molar-refractivity contribution in [3.63, 3.8) is 0 Å². The van der Waals surface area contributed by atoms with Gasteiger partial charge in [0.15, 0.2) is 5.17 Å². The zero-order chi connectivity index (χ0) is 14.5. The van der Waals surface area contributed by atoms with Crippen molar-refractivity contribution in [3.05, 3.63) is 65.7 Å². The van der Waals surface area contributed by atoms with Crippen LogP contribution in [0.1, 0.15) is 17.2 Å². The fourth-order valence-electron chi connectivity index (χ4n) is 2.28. The third-order valence-corrected chi connectivity index (χ3v) is 4.45. The van der Waals surface area contributed by atoms with Crippen LogP contribution in [-0.4, -0.2) is 18.0 Å². The molecule has 2 aromatic rings. The molecule has 0 saturated carbocycles. The predicted octanol–water partition coefficient (Wildman–Crippen LogP) is 3.63. The van der Waals surface area contributed by atoms with Gasteiger partial charge in [0, 0.05) is 5.75 Å². The van der Waals surface area contributed by atoms with Crippen LogP contribution in [-0.2, 0) is 6.54 Å². The lowest BCUT2D eigenvalue weighted by atomic mass is 10.1. The molecule has 1 saturated heterocycles. The zero-order valence-corrected chi connectivity index (χ0v) is 12.8. The molecule has 0 spiro atoms. The van der Waals surface area contributed by atoms with E-state index in [4.69, 9.17) is 4.74 Å². The fraction of sp³-hybridized carbons (Fsp3) is 0.235. The average molecular weight is 298 g/mol. The summed E-state index contributed by atoms with van der Waals surface area (Å²) in [5, 5.41) is 4.51. The van der Waals surface area contributed by atoms with Gasteiger partial charge in [-0.15, -0.1) is 0 Å². The minimum Gasteiger partial charge on any atom is -0.497 e. The molecule has 1 atom stereocenters. The van der Waals surface area contributed by atoms with E-state index >= 15 is 0 Å². The summed E-state index contributed by atoms with van der Waals surface area (Å²) in [5.74, 6) is 1.91. The van der Waals surface area contributed by atoms with Gasteiger partial charge in [0.25, 0.3) is 0 Å². The Labute approximate surface area is 129 Å². The Morgan fingerprint density at radius 2 is 2.05 bits per heavy atom. The lowest BCUT2D eigenvalue weighted by Gasteiger charge is -2.09. The number of ether oxygens (including phenoxy) is 1. The third-order valence-electron chi connectivity index (χ3n) is 3.43. The Bertz CT molecular complexity index is 628. The molecule has 0 radical (unpaired) electrons. The van der Waals surface area contributed by atoms with E-state index in [0.717, 1.165) is 22.2 Å². The highest BCUT2D eigenvalue weighted by molar-refractivity contribution is 8.14. The molecule has 0 amide bonds. The minimum absolute atomic E-state index is 0.361. The molecule has 3 nitrogen and oxygen atoms in total. The summed E-state index contributed by atoms with van der Waals surface area (Å²) < 4.78 is 5.23. The summed E-state index contributed by atoms with van der Waals surface area (Å²) in [7, 11) is 1.68. The van der Waals surface area contributed by atoms with E-state index in [1.54, 1.807) is 18.9 Å². The second kappa shape index (κ2) is 6.68. The van der Waals surface area contributed by atoms with Gasteiger partial charge in [-0.05, 0) is 23.3 Å². The third kappa shape index (κ3) is 3.58. The largest absolute Gasteiger partial charge is 0.497 e. The van der Waals surface area contributed by atoms with Gasteiger partial charge in [0.1, 0.15) is 5.75 Å². The van der Waals surface area contributed by atoms with Gasteiger partial charge < -0.3 is 10.1 Å². The molecule has 108 valence electrons. The second-order valence-corrected chi connectivity index (χ2v) is 5.90. The van der Waals surface area contributed by atoms with Crippen LogP contribution in [0.2, 0.25) is 0 Å². The first-order chi connectivity index (χ1) is 10.3. The van der Waals surface area contributed by atoms with E-state index in [0.29, 0.717) is 12.6 Å². The Hall–Kier alpha value is -1.94. The second-order valence-electron chi connectivity index (χ2n) is 4.89. The normalized spacial score (nSPS) is 19.5. The van der Waals surface area contributed by atoms with E-state index in [9.17, 15) is 0 Å². The SMILES string of the molecule is COc1cccc(CN=C2NC(c3ccccc3)CS2)c1. The lowest BCUT2D eigenvalue weighted by Crippen LogP contribution is -2.19. The van der Waals surface area contributed by atoms with Crippen LogP contribution in [0.15, 0.2) is 59.6 Å². The molecule has 3 rings (SSSR count). The summed E-state index contributed by atoms with van der Waals surface area (Å²) in [6, 6.07) is 18.9. The molecule has 21 heavy (non-hydrogen) atoms. The van der Waals surface area contributed by atoms with Crippen molar-refractivity contribution in [1.29, 1.82) is 0 Å². The van der Waals surface area contributed by atoms with Gasteiger partial charge in [-0.1, -0.05) is 54.2 Å². The van der Waals surface area contributed by atoms with Crippen LogP contribution in [0.5, 0.6) is 5.75 Å². The molecule has 1 aliphatic heterocycles. The maximum atomic E-state index is 5.23. The van der Waals surface area contributed by atoms with E-state index in [1.165, 1.54) is 5.56 Å². The van der Waals surface area contributed by atoms with Crippen molar-refractivity contribution in [2.24, 2.45) is 4.99 Å². The van der Waals surface area contributed by atoms with Crippen molar-refractivity contribution in [2.45, 2.75) is 12.6 Å². The lowest BCUT2D eigenvalue weighted by molar-refractivity contribution is 0.414. The first kappa shape index (κ1) is 14.0. The van der Waals surface area contributed by atoms with Gasteiger partial charge in [-0.2, -0.15) is 0 Å². The average Bonchev–Trinajstić information content (AvgIpc) is 3.03. The van der Waals surface area contributed by atoms with Crippen LogP contribution in [0, 0.1) is 0 Å². The van der Waals surface area contributed by atoms with Gasteiger partial charge in [-0.3, -0.25) is 4.99 Å². The van der Waals surface area contributed by atoms with Gasteiger partial charge in [0.2, 0.25) is 0 Å².